The third-order valence-corrected chi connectivity index (χ3v) is 3.88. The Morgan fingerprint density at radius 2 is 1.82 bits per heavy atom. The number of halogens is 1. The Bertz CT molecular complexity index is 439. The van der Waals surface area contributed by atoms with E-state index in [1.165, 1.54) is 6.07 Å². The minimum atomic E-state index is -0.573. The predicted octanol–water partition coefficient (Wildman–Crippen LogP) is 0.313. The van der Waals surface area contributed by atoms with Gasteiger partial charge < -0.3 is 14.9 Å². The first-order valence-electron chi connectivity index (χ1n) is 7.74. The van der Waals surface area contributed by atoms with Gasteiger partial charge in [0, 0.05) is 44.8 Å². The lowest BCUT2D eigenvalue weighted by molar-refractivity contribution is -0.0000928. The quantitative estimate of drug-likeness (QED) is 0.724. The molecule has 0 aliphatic carbocycles. The molecule has 1 fully saturated rings. The molecule has 22 heavy (non-hydrogen) atoms. The molecular weight excluding hydrogens is 287 g/mol. The molecule has 1 aliphatic heterocycles. The van der Waals surface area contributed by atoms with Crippen LogP contribution in [0.5, 0.6) is 0 Å². The molecule has 0 radical (unpaired) electrons. The zero-order chi connectivity index (χ0) is 15.8. The highest BCUT2D eigenvalue weighted by Gasteiger charge is 2.18. The van der Waals surface area contributed by atoms with Crippen molar-refractivity contribution in [3.05, 3.63) is 35.6 Å². The van der Waals surface area contributed by atoms with Gasteiger partial charge in [0.05, 0.1) is 25.9 Å². The second-order valence-electron chi connectivity index (χ2n) is 5.63. The number of ether oxygens (including phenoxy) is 1. The Morgan fingerprint density at radius 1 is 1.14 bits per heavy atom. The highest BCUT2D eigenvalue weighted by Crippen LogP contribution is 2.08. The van der Waals surface area contributed by atoms with E-state index in [9.17, 15) is 9.50 Å². The van der Waals surface area contributed by atoms with E-state index in [1.54, 1.807) is 18.2 Å². The number of rotatable bonds is 8. The van der Waals surface area contributed by atoms with Crippen LogP contribution in [0, 0.1) is 5.82 Å². The highest BCUT2D eigenvalue weighted by molar-refractivity contribution is 5.16. The second kappa shape index (κ2) is 9.17. The van der Waals surface area contributed by atoms with Crippen LogP contribution in [0.1, 0.15) is 5.56 Å². The molecule has 1 heterocycles. The number of benzene rings is 1. The van der Waals surface area contributed by atoms with Crippen molar-refractivity contribution in [2.45, 2.75) is 12.7 Å². The molecule has 0 spiro atoms. The van der Waals surface area contributed by atoms with E-state index >= 15 is 0 Å². The van der Waals surface area contributed by atoms with Gasteiger partial charge in [-0.25, -0.2) is 4.39 Å². The van der Waals surface area contributed by atoms with Crippen molar-refractivity contribution < 1.29 is 19.3 Å². The van der Waals surface area contributed by atoms with Gasteiger partial charge in [-0.05, 0) is 6.07 Å². The summed E-state index contributed by atoms with van der Waals surface area (Å²) in [6, 6.07) is 6.50. The zero-order valence-electron chi connectivity index (χ0n) is 12.8. The first-order valence-corrected chi connectivity index (χ1v) is 7.74. The summed E-state index contributed by atoms with van der Waals surface area (Å²) in [5.74, 6) is -0.281. The van der Waals surface area contributed by atoms with Crippen LogP contribution < -0.4 is 0 Å². The van der Waals surface area contributed by atoms with E-state index in [0.717, 1.165) is 26.2 Å². The molecule has 1 aromatic carbocycles. The topological polar surface area (TPSA) is 56.2 Å². The Kier molecular flexibility index (Phi) is 7.21. The number of hydrogen-bond donors (Lipinski definition) is 2. The molecule has 0 aromatic heterocycles. The molecule has 5 nitrogen and oxygen atoms in total. The van der Waals surface area contributed by atoms with Gasteiger partial charge in [-0.2, -0.15) is 0 Å². The summed E-state index contributed by atoms with van der Waals surface area (Å²) >= 11 is 0. The maximum Gasteiger partial charge on any atom is 0.128 e. The second-order valence-corrected chi connectivity index (χ2v) is 5.63. The largest absolute Gasteiger partial charge is 0.395 e. The lowest BCUT2D eigenvalue weighted by atomic mass is 10.2. The number of aliphatic hydroxyl groups excluding tert-OH is 2. The molecule has 2 rings (SSSR count). The fourth-order valence-electron chi connectivity index (χ4n) is 2.61. The van der Waals surface area contributed by atoms with Crippen LogP contribution in [-0.4, -0.2) is 78.6 Å². The third kappa shape index (κ3) is 5.62. The van der Waals surface area contributed by atoms with Gasteiger partial charge in [-0.15, -0.1) is 0 Å². The summed E-state index contributed by atoms with van der Waals surface area (Å²) in [7, 11) is 0. The number of hydrogen-bond acceptors (Lipinski definition) is 5. The molecule has 124 valence electrons. The molecule has 1 unspecified atom stereocenters. The van der Waals surface area contributed by atoms with E-state index < -0.39 is 6.10 Å². The van der Waals surface area contributed by atoms with Crippen molar-refractivity contribution in [1.29, 1.82) is 0 Å². The number of aliphatic hydroxyl groups is 2. The monoisotopic (exact) mass is 312 g/mol. The molecule has 0 saturated carbocycles. The third-order valence-electron chi connectivity index (χ3n) is 3.88. The number of β-amino-alcohol motifs (C(OH)–C–C–N with tert-alkyl or cyclic N) is 2. The van der Waals surface area contributed by atoms with Crippen molar-refractivity contribution >= 4 is 0 Å². The molecule has 0 bridgehead atoms. The van der Waals surface area contributed by atoms with Crippen molar-refractivity contribution in [3.8, 4) is 0 Å². The average Bonchev–Trinajstić information content (AvgIpc) is 2.51. The molecule has 6 heteroatoms. The fraction of sp³-hybridized carbons (Fsp3) is 0.625. The van der Waals surface area contributed by atoms with Crippen LogP contribution in [0.15, 0.2) is 24.3 Å². The van der Waals surface area contributed by atoms with Crippen molar-refractivity contribution in [1.82, 2.24) is 9.80 Å². The maximum absolute atomic E-state index is 13.4. The first-order chi connectivity index (χ1) is 10.7. The van der Waals surface area contributed by atoms with Crippen molar-refractivity contribution in [2.24, 2.45) is 0 Å². The first kappa shape index (κ1) is 17.3. The van der Waals surface area contributed by atoms with E-state index in [0.29, 0.717) is 18.7 Å². The fourth-order valence-corrected chi connectivity index (χ4v) is 2.61. The van der Waals surface area contributed by atoms with Gasteiger partial charge >= 0.3 is 0 Å². The zero-order valence-corrected chi connectivity index (χ0v) is 12.8. The SMILES string of the molecule is OCCN1CCN(CC(O)COCc2ccccc2F)CC1. The molecule has 1 aliphatic rings. The van der Waals surface area contributed by atoms with Crippen LogP contribution in [0.4, 0.5) is 4.39 Å². The van der Waals surface area contributed by atoms with Crippen molar-refractivity contribution in [2.75, 3.05) is 52.5 Å². The highest BCUT2D eigenvalue weighted by atomic mass is 19.1. The minimum absolute atomic E-state index is 0.175. The summed E-state index contributed by atoms with van der Waals surface area (Å²) in [5.41, 5.74) is 0.507. The lowest BCUT2D eigenvalue weighted by Crippen LogP contribution is -2.49. The Labute approximate surface area is 130 Å². The summed E-state index contributed by atoms with van der Waals surface area (Å²) in [6.45, 7) is 5.40. The molecule has 1 aromatic rings. The molecule has 1 saturated heterocycles. The molecule has 2 N–H and O–H groups in total. The molecule has 1 atom stereocenters. The van der Waals surface area contributed by atoms with Gasteiger partial charge in [-0.1, -0.05) is 18.2 Å². The predicted molar refractivity (Wildman–Crippen MR) is 82.0 cm³/mol. The minimum Gasteiger partial charge on any atom is -0.395 e. The van der Waals surface area contributed by atoms with Crippen LogP contribution in [0.2, 0.25) is 0 Å². The smallest absolute Gasteiger partial charge is 0.128 e. The average molecular weight is 312 g/mol. The molecular formula is C16H25FN2O3. The Hall–Kier alpha value is -1.05. The van der Waals surface area contributed by atoms with Gasteiger partial charge in [0.1, 0.15) is 5.82 Å². The van der Waals surface area contributed by atoms with Gasteiger partial charge in [-0.3, -0.25) is 9.80 Å². The maximum atomic E-state index is 13.4. The summed E-state index contributed by atoms with van der Waals surface area (Å²) in [6.07, 6.45) is -0.573. The standard InChI is InChI=1S/C16H25FN2O3/c17-16-4-2-1-3-14(16)12-22-13-15(21)11-19-7-5-18(6-8-19)9-10-20/h1-4,15,20-21H,5-13H2. The van der Waals surface area contributed by atoms with E-state index in [-0.39, 0.29) is 25.6 Å². The van der Waals surface area contributed by atoms with Gasteiger partial charge in [0.25, 0.3) is 0 Å². The van der Waals surface area contributed by atoms with Crippen LogP contribution in [-0.2, 0) is 11.3 Å². The summed E-state index contributed by atoms with van der Waals surface area (Å²) < 4.78 is 18.8. The van der Waals surface area contributed by atoms with Crippen LogP contribution in [0.3, 0.4) is 0 Å². The number of nitrogens with zero attached hydrogens (tertiary/aromatic N) is 2. The van der Waals surface area contributed by atoms with E-state index in [4.69, 9.17) is 9.84 Å². The lowest BCUT2D eigenvalue weighted by Gasteiger charge is -2.35. The summed E-state index contributed by atoms with van der Waals surface area (Å²) in [4.78, 5) is 4.39. The Morgan fingerprint density at radius 3 is 2.50 bits per heavy atom. The van der Waals surface area contributed by atoms with E-state index in [1.807, 2.05) is 0 Å². The van der Waals surface area contributed by atoms with E-state index in [2.05, 4.69) is 9.80 Å². The Balaban J connectivity index is 1.62. The molecule has 0 amide bonds. The number of piperazine rings is 1. The van der Waals surface area contributed by atoms with Crippen molar-refractivity contribution in [3.63, 3.8) is 0 Å². The van der Waals surface area contributed by atoms with Crippen LogP contribution >= 0.6 is 0 Å². The van der Waals surface area contributed by atoms with Crippen LogP contribution in [0.25, 0.3) is 0 Å². The van der Waals surface area contributed by atoms with Gasteiger partial charge in [0.15, 0.2) is 0 Å². The summed E-state index contributed by atoms with van der Waals surface area (Å²) in [5, 5.41) is 18.9. The normalized spacial score (nSPS) is 18.5. The van der Waals surface area contributed by atoms with Gasteiger partial charge in [0.2, 0.25) is 0 Å².